The van der Waals surface area contributed by atoms with E-state index in [2.05, 4.69) is 51.8 Å². The van der Waals surface area contributed by atoms with Crippen molar-refractivity contribution in [3.05, 3.63) is 45.9 Å². The highest BCUT2D eigenvalue weighted by Crippen LogP contribution is 2.35. The second kappa shape index (κ2) is 10.1. The molecule has 0 saturated heterocycles. The van der Waals surface area contributed by atoms with Crippen LogP contribution in [0.3, 0.4) is 0 Å². The van der Waals surface area contributed by atoms with E-state index in [0.717, 1.165) is 60.9 Å². The molecule has 1 saturated carbocycles. The van der Waals surface area contributed by atoms with Crippen LogP contribution in [0, 0.1) is 17.2 Å². The topological polar surface area (TPSA) is 78.8 Å². The number of nitrogens with zero attached hydrogens (tertiary/aromatic N) is 4. The number of hydrogen-bond donors (Lipinski definition) is 1. The van der Waals surface area contributed by atoms with Gasteiger partial charge in [-0.2, -0.15) is 5.26 Å². The van der Waals surface area contributed by atoms with Crippen molar-refractivity contribution < 1.29 is 0 Å². The summed E-state index contributed by atoms with van der Waals surface area (Å²) in [6, 6.07) is 6.87. The number of anilines is 2. The molecule has 1 aromatic heterocycles. The lowest BCUT2D eigenvalue weighted by Crippen LogP contribution is -2.42. The van der Waals surface area contributed by atoms with Gasteiger partial charge in [-0.1, -0.05) is 46.6 Å². The predicted octanol–water partition coefficient (Wildman–Crippen LogP) is 5.22. The van der Waals surface area contributed by atoms with Gasteiger partial charge in [-0.3, -0.25) is 0 Å². The second-order valence-electron chi connectivity index (χ2n) is 9.04. The highest BCUT2D eigenvalue weighted by molar-refractivity contribution is 5.62. The molecule has 0 radical (unpaired) electrons. The Labute approximate surface area is 187 Å². The van der Waals surface area contributed by atoms with Crippen molar-refractivity contribution in [2.45, 2.75) is 85.1 Å². The first kappa shape index (κ1) is 23.1. The quantitative estimate of drug-likeness (QED) is 0.564. The minimum Gasteiger partial charge on any atom is -0.398 e. The lowest BCUT2D eigenvalue weighted by atomic mass is 9.81. The highest BCUT2D eigenvalue weighted by atomic mass is 15.2. The molecule has 2 aromatic rings. The normalized spacial score (nSPS) is 17.8. The Morgan fingerprint density at radius 2 is 1.81 bits per heavy atom. The monoisotopic (exact) mass is 419 g/mol. The van der Waals surface area contributed by atoms with E-state index in [4.69, 9.17) is 15.7 Å². The van der Waals surface area contributed by atoms with Gasteiger partial charge in [0.05, 0.1) is 11.3 Å². The van der Waals surface area contributed by atoms with Crippen LogP contribution in [0.1, 0.15) is 87.2 Å². The molecular formula is C26H37N5. The fraction of sp³-hybridized carbons (Fsp3) is 0.577. The molecule has 0 amide bonds. The summed E-state index contributed by atoms with van der Waals surface area (Å²) in [6.45, 7) is 8.80. The van der Waals surface area contributed by atoms with Gasteiger partial charge in [0, 0.05) is 37.2 Å². The van der Waals surface area contributed by atoms with Gasteiger partial charge in [0.25, 0.3) is 0 Å². The molecule has 0 bridgehead atoms. The van der Waals surface area contributed by atoms with Crippen LogP contribution >= 0.6 is 0 Å². The third-order valence-corrected chi connectivity index (χ3v) is 6.58. The van der Waals surface area contributed by atoms with E-state index in [0.29, 0.717) is 23.7 Å². The SMILES string of the molecule is CCCc1ccc(N)c(C#N)c1Cc1nc(CC)nc(N(C)C2CC(C)C2)c1CCC. The van der Waals surface area contributed by atoms with Crippen LogP contribution in [0.4, 0.5) is 11.5 Å². The summed E-state index contributed by atoms with van der Waals surface area (Å²) in [5, 5.41) is 9.85. The second-order valence-corrected chi connectivity index (χ2v) is 9.04. The average molecular weight is 420 g/mol. The number of aryl methyl sites for hydroxylation is 2. The maximum Gasteiger partial charge on any atom is 0.135 e. The molecule has 1 aliphatic carbocycles. The lowest BCUT2D eigenvalue weighted by molar-refractivity contribution is 0.280. The Morgan fingerprint density at radius 3 is 2.39 bits per heavy atom. The molecule has 5 nitrogen and oxygen atoms in total. The summed E-state index contributed by atoms with van der Waals surface area (Å²) in [5.74, 6) is 2.75. The molecule has 0 spiro atoms. The van der Waals surface area contributed by atoms with E-state index < -0.39 is 0 Å². The minimum atomic E-state index is 0.552. The third kappa shape index (κ3) is 4.84. The summed E-state index contributed by atoms with van der Waals surface area (Å²) in [6.07, 6.45) is 7.81. The molecule has 5 heteroatoms. The Hall–Kier alpha value is -2.61. The zero-order chi connectivity index (χ0) is 22.5. The number of nitrogens with two attached hydrogens (primary N) is 1. The summed E-state index contributed by atoms with van der Waals surface area (Å²) < 4.78 is 0. The minimum absolute atomic E-state index is 0.552. The molecule has 3 rings (SSSR count). The van der Waals surface area contributed by atoms with Gasteiger partial charge < -0.3 is 10.6 Å². The maximum absolute atomic E-state index is 9.85. The van der Waals surface area contributed by atoms with Crippen LogP contribution in [-0.4, -0.2) is 23.1 Å². The zero-order valence-corrected chi connectivity index (χ0v) is 19.8. The smallest absolute Gasteiger partial charge is 0.135 e. The van der Waals surface area contributed by atoms with E-state index >= 15 is 0 Å². The van der Waals surface area contributed by atoms with Gasteiger partial charge in [0.1, 0.15) is 17.7 Å². The third-order valence-electron chi connectivity index (χ3n) is 6.58. The molecule has 1 fully saturated rings. The number of nitriles is 1. The Bertz CT molecular complexity index is 953. The number of hydrogen-bond acceptors (Lipinski definition) is 5. The van der Waals surface area contributed by atoms with Gasteiger partial charge in [0.15, 0.2) is 0 Å². The van der Waals surface area contributed by atoms with Gasteiger partial charge in [0.2, 0.25) is 0 Å². The van der Waals surface area contributed by atoms with Crippen LogP contribution in [0.2, 0.25) is 0 Å². The van der Waals surface area contributed by atoms with Crippen molar-refractivity contribution in [3.63, 3.8) is 0 Å². The van der Waals surface area contributed by atoms with E-state index in [-0.39, 0.29) is 0 Å². The van der Waals surface area contributed by atoms with Crippen LogP contribution < -0.4 is 10.6 Å². The molecule has 0 atom stereocenters. The zero-order valence-electron chi connectivity index (χ0n) is 19.8. The van der Waals surface area contributed by atoms with E-state index in [1.54, 1.807) is 0 Å². The standard InChI is InChI=1S/C26H37N5/c1-6-9-18-11-12-23(28)22(16-27)21(18)15-24-20(10-7-2)26(30-25(8-3)29-24)31(5)19-13-17(4)14-19/h11-12,17,19H,6-10,13-15,28H2,1-5H3. The lowest BCUT2D eigenvalue weighted by Gasteiger charge is -2.41. The van der Waals surface area contributed by atoms with Gasteiger partial charge >= 0.3 is 0 Å². The molecule has 0 aliphatic heterocycles. The van der Waals surface area contributed by atoms with Gasteiger partial charge in [-0.25, -0.2) is 9.97 Å². The van der Waals surface area contributed by atoms with E-state index in [1.807, 2.05) is 6.07 Å². The summed E-state index contributed by atoms with van der Waals surface area (Å²) >= 11 is 0. The molecule has 1 aliphatic rings. The highest BCUT2D eigenvalue weighted by Gasteiger charge is 2.31. The molecule has 166 valence electrons. The predicted molar refractivity (Wildman–Crippen MR) is 128 cm³/mol. The summed E-state index contributed by atoms with van der Waals surface area (Å²) in [7, 11) is 2.19. The number of rotatable bonds is 9. The van der Waals surface area contributed by atoms with Crippen LogP contribution in [0.25, 0.3) is 0 Å². The number of benzene rings is 1. The molecule has 31 heavy (non-hydrogen) atoms. The Kier molecular flexibility index (Phi) is 7.54. The molecule has 0 unspecified atom stereocenters. The largest absolute Gasteiger partial charge is 0.398 e. The maximum atomic E-state index is 9.85. The Balaban J connectivity index is 2.12. The van der Waals surface area contributed by atoms with Crippen molar-refractivity contribution in [2.75, 3.05) is 17.7 Å². The van der Waals surface area contributed by atoms with Crippen LogP contribution in [0.15, 0.2) is 12.1 Å². The number of aromatic nitrogens is 2. The molecule has 1 aromatic carbocycles. The van der Waals surface area contributed by atoms with Crippen molar-refractivity contribution >= 4 is 11.5 Å². The van der Waals surface area contributed by atoms with E-state index in [9.17, 15) is 5.26 Å². The molecular weight excluding hydrogens is 382 g/mol. The van der Waals surface area contributed by atoms with Crippen LogP contribution in [-0.2, 0) is 25.7 Å². The number of nitrogen functional groups attached to an aromatic ring is 1. The fourth-order valence-electron chi connectivity index (χ4n) is 4.73. The first-order chi connectivity index (χ1) is 14.9. The van der Waals surface area contributed by atoms with Gasteiger partial charge in [-0.05, 0) is 48.8 Å². The van der Waals surface area contributed by atoms with Crippen molar-refractivity contribution in [3.8, 4) is 6.07 Å². The summed E-state index contributed by atoms with van der Waals surface area (Å²) in [5.41, 5.74) is 11.9. The summed E-state index contributed by atoms with van der Waals surface area (Å²) in [4.78, 5) is 12.4. The average Bonchev–Trinajstić information content (AvgIpc) is 2.74. The first-order valence-electron chi connectivity index (χ1n) is 11.8. The first-order valence-corrected chi connectivity index (χ1v) is 11.8. The fourth-order valence-corrected chi connectivity index (χ4v) is 4.73. The van der Waals surface area contributed by atoms with Gasteiger partial charge in [-0.15, -0.1) is 0 Å². The van der Waals surface area contributed by atoms with Crippen molar-refractivity contribution in [1.82, 2.24) is 9.97 Å². The molecule has 1 heterocycles. The van der Waals surface area contributed by atoms with Crippen molar-refractivity contribution in [1.29, 1.82) is 5.26 Å². The van der Waals surface area contributed by atoms with Crippen molar-refractivity contribution in [2.24, 2.45) is 5.92 Å². The Morgan fingerprint density at radius 1 is 1.10 bits per heavy atom. The molecule has 2 N–H and O–H groups in total. The van der Waals surface area contributed by atoms with Crippen LogP contribution in [0.5, 0.6) is 0 Å². The van der Waals surface area contributed by atoms with E-state index in [1.165, 1.54) is 24.0 Å².